The first-order valence-corrected chi connectivity index (χ1v) is 8.68. The number of methoxy groups -OCH3 is 1. The second-order valence-corrected chi connectivity index (χ2v) is 6.64. The molecule has 0 aliphatic carbocycles. The average Bonchev–Trinajstić information content (AvgIpc) is 2.68. The number of rotatable bonds is 4. The summed E-state index contributed by atoms with van der Waals surface area (Å²) < 4.78 is 44.2. The van der Waals surface area contributed by atoms with Gasteiger partial charge in [0, 0.05) is 18.7 Å². The number of nitrogens with one attached hydrogen (secondary N) is 1. The Bertz CT molecular complexity index is 931. The van der Waals surface area contributed by atoms with Gasteiger partial charge in [0.05, 0.1) is 23.4 Å². The molecule has 28 heavy (non-hydrogen) atoms. The van der Waals surface area contributed by atoms with E-state index in [9.17, 15) is 22.8 Å². The van der Waals surface area contributed by atoms with E-state index < -0.39 is 17.6 Å². The quantitative estimate of drug-likeness (QED) is 0.768. The van der Waals surface area contributed by atoms with E-state index in [2.05, 4.69) is 5.32 Å². The van der Waals surface area contributed by atoms with Crippen LogP contribution >= 0.6 is 11.6 Å². The fourth-order valence-corrected chi connectivity index (χ4v) is 3.36. The Kier molecular flexibility index (Phi) is 5.51. The number of ether oxygens (including phenoxy) is 1. The molecule has 2 aromatic rings. The minimum absolute atomic E-state index is 0.184. The number of amides is 2. The number of carbonyl (C=O) groups is 2. The molecule has 1 aliphatic heterocycles. The van der Waals surface area contributed by atoms with Crippen LogP contribution in [-0.4, -0.2) is 30.9 Å². The maximum absolute atomic E-state index is 13.2. The molecule has 0 fully saturated rings. The monoisotopic (exact) mass is 412 g/mol. The van der Waals surface area contributed by atoms with Crippen LogP contribution in [0.15, 0.2) is 30.3 Å². The van der Waals surface area contributed by atoms with Gasteiger partial charge in [0.1, 0.15) is 5.75 Å². The lowest BCUT2D eigenvalue weighted by Crippen LogP contribution is -2.29. The Hall–Kier alpha value is -2.74. The Morgan fingerprint density at radius 2 is 2.04 bits per heavy atom. The molecule has 0 atom stereocenters. The van der Waals surface area contributed by atoms with E-state index >= 15 is 0 Å². The van der Waals surface area contributed by atoms with Gasteiger partial charge in [-0.2, -0.15) is 13.2 Å². The molecule has 0 spiro atoms. The smallest absolute Gasteiger partial charge is 0.419 e. The minimum atomic E-state index is -4.66. The number of carbonyl (C=O) groups excluding carboxylic acids is 2. The molecular formula is C19H16ClF3N2O3. The van der Waals surface area contributed by atoms with Gasteiger partial charge in [-0.1, -0.05) is 17.7 Å². The predicted molar refractivity (Wildman–Crippen MR) is 97.6 cm³/mol. The SMILES string of the molecule is COc1ccc(C(=O)Nc2ccc3c(c2Cl)CN(C=O)CC3)cc1C(F)(F)F. The van der Waals surface area contributed by atoms with Gasteiger partial charge < -0.3 is 15.0 Å². The normalized spacial score (nSPS) is 13.7. The number of hydrogen-bond acceptors (Lipinski definition) is 3. The highest BCUT2D eigenvalue weighted by Gasteiger charge is 2.35. The van der Waals surface area contributed by atoms with E-state index in [4.69, 9.17) is 16.3 Å². The summed E-state index contributed by atoms with van der Waals surface area (Å²) in [5.41, 5.74) is 0.716. The van der Waals surface area contributed by atoms with Crippen LogP contribution in [0.2, 0.25) is 5.02 Å². The molecule has 5 nitrogen and oxygen atoms in total. The topological polar surface area (TPSA) is 58.6 Å². The van der Waals surface area contributed by atoms with Crippen molar-refractivity contribution in [1.29, 1.82) is 0 Å². The lowest BCUT2D eigenvalue weighted by atomic mass is 9.99. The maximum atomic E-state index is 13.2. The zero-order chi connectivity index (χ0) is 20.5. The molecule has 0 bridgehead atoms. The van der Waals surface area contributed by atoms with Crippen molar-refractivity contribution in [3.05, 3.63) is 57.6 Å². The third kappa shape index (κ3) is 3.91. The molecule has 1 N–H and O–H groups in total. The number of benzene rings is 2. The zero-order valence-corrected chi connectivity index (χ0v) is 15.5. The van der Waals surface area contributed by atoms with Crippen molar-refractivity contribution in [2.75, 3.05) is 19.0 Å². The summed E-state index contributed by atoms with van der Waals surface area (Å²) >= 11 is 6.37. The van der Waals surface area contributed by atoms with Crippen LogP contribution in [0.25, 0.3) is 0 Å². The van der Waals surface area contributed by atoms with E-state index in [-0.39, 0.29) is 22.0 Å². The van der Waals surface area contributed by atoms with E-state index in [1.54, 1.807) is 17.0 Å². The molecule has 0 saturated heterocycles. The third-order valence-electron chi connectivity index (χ3n) is 4.53. The first kappa shape index (κ1) is 20.0. The lowest BCUT2D eigenvalue weighted by Gasteiger charge is -2.27. The molecule has 2 amide bonds. The van der Waals surface area contributed by atoms with Crippen molar-refractivity contribution in [3.63, 3.8) is 0 Å². The molecule has 9 heteroatoms. The molecule has 0 saturated carbocycles. The molecule has 2 aromatic carbocycles. The Morgan fingerprint density at radius 3 is 2.68 bits per heavy atom. The van der Waals surface area contributed by atoms with Gasteiger partial charge >= 0.3 is 6.18 Å². The first-order valence-electron chi connectivity index (χ1n) is 8.30. The van der Waals surface area contributed by atoms with Gasteiger partial charge in [-0.15, -0.1) is 0 Å². The maximum Gasteiger partial charge on any atom is 0.419 e. The number of nitrogens with zero attached hydrogens (tertiary/aromatic N) is 1. The van der Waals surface area contributed by atoms with E-state index in [0.717, 1.165) is 31.2 Å². The Balaban J connectivity index is 1.89. The minimum Gasteiger partial charge on any atom is -0.496 e. The molecule has 0 unspecified atom stereocenters. The molecule has 3 rings (SSSR count). The first-order chi connectivity index (χ1) is 13.2. The Morgan fingerprint density at radius 1 is 1.29 bits per heavy atom. The second-order valence-electron chi connectivity index (χ2n) is 6.26. The van der Waals surface area contributed by atoms with Crippen LogP contribution < -0.4 is 10.1 Å². The Labute approximate surface area is 164 Å². The number of alkyl halides is 3. The van der Waals surface area contributed by atoms with Crippen LogP contribution in [0.1, 0.15) is 27.0 Å². The highest BCUT2D eigenvalue weighted by atomic mass is 35.5. The summed E-state index contributed by atoms with van der Waals surface area (Å²) in [5, 5.41) is 2.81. The summed E-state index contributed by atoms with van der Waals surface area (Å²) in [6.45, 7) is 0.882. The highest BCUT2D eigenvalue weighted by molar-refractivity contribution is 6.34. The molecule has 1 heterocycles. The zero-order valence-electron chi connectivity index (χ0n) is 14.8. The van der Waals surface area contributed by atoms with Crippen molar-refractivity contribution < 1.29 is 27.5 Å². The van der Waals surface area contributed by atoms with Crippen molar-refractivity contribution in [2.45, 2.75) is 19.1 Å². The number of halogens is 4. The third-order valence-corrected chi connectivity index (χ3v) is 4.97. The van der Waals surface area contributed by atoms with E-state index in [0.29, 0.717) is 25.1 Å². The summed E-state index contributed by atoms with van der Waals surface area (Å²) in [6, 6.07) is 6.45. The molecule has 0 aromatic heterocycles. The summed E-state index contributed by atoms with van der Waals surface area (Å²) in [5.74, 6) is -1.11. The number of hydrogen-bond donors (Lipinski definition) is 1. The molecule has 0 radical (unpaired) electrons. The standard InChI is InChI=1S/C19H16ClF3N2O3/c1-28-16-5-3-12(8-14(16)19(21,22)23)18(27)24-15-4-2-11-6-7-25(10-26)9-13(11)17(15)20/h2-5,8,10H,6-7,9H2,1H3,(H,24,27). The summed E-state index contributed by atoms with van der Waals surface area (Å²) in [6.07, 6.45) is -3.31. The van der Waals surface area contributed by atoms with Crippen LogP contribution in [0.4, 0.5) is 18.9 Å². The molecular weight excluding hydrogens is 397 g/mol. The lowest BCUT2D eigenvalue weighted by molar-refractivity contribution is -0.138. The van der Waals surface area contributed by atoms with Gasteiger partial charge in [-0.25, -0.2) is 0 Å². The predicted octanol–water partition coefficient (Wildman–Crippen LogP) is 4.13. The largest absolute Gasteiger partial charge is 0.496 e. The van der Waals surface area contributed by atoms with Crippen LogP contribution in [0, 0.1) is 0 Å². The van der Waals surface area contributed by atoms with Crippen LogP contribution in [0.5, 0.6) is 5.75 Å². The van der Waals surface area contributed by atoms with E-state index in [1.165, 1.54) is 6.07 Å². The van der Waals surface area contributed by atoms with Crippen LogP contribution in [-0.2, 0) is 23.9 Å². The van der Waals surface area contributed by atoms with Crippen LogP contribution in [0.3, 0.4) is 0 Å². The highest BCUT2D eigenvalue weighted by Crippen LogP contribution is 2.37. The fourth-order valence-electron chi connectivity index (χ4n) is 3.06. The molecule has 1 aliphatic rings. The van der Waals surface area contributed by atoms with E-state index in [1.807, 2.05) is 0 Å². The van der Waals surface area contributed by atoms with Gasteiger partial charge in [-0.3, -0.25) is 9.59 Å². The molecule has 148 valence electrons. The fraction of sp³-hybridized carbons (Fsp3) is 0.263. The van der Waals surface area contributed by atoms with Gasteiger partial charge in [0.15, 0.2) is 0 Å². The number of fused-ring (bicyclic) bond motifs is 1. The average molecular weight is 413 g/mol. The second kappa shape index (κ2) is 7.71. The van der Waals surface area contributed by atoms with Gasteiger partial charge in [0.25, 0.3) is 5.91 Å². The van der Waals surface area contributed by atoms with Crippen molar-refractivity contribution in [2.24, 2.45) is 0 Å². The summed E-state index contributed by atoms with van der Waals surface area (Å²) in [7, 11) is 1.12. The van der Waals surface area contributed by atoms with Gasteiger partial charge in [-0.05, 0) is 41.8 Å². The van der Waals surface area contributed by atoms with Crippen molar-refractivity contribution in [3.8, 4) is 5.75 Å². The summed E-state index contributed by atoms with van der Waals surface area (Å²) in [4.78, 5) is 25.0. The number of anilines is 1. The van der Waals surface area contributed by atoms with Crippen molar-refractivity contribution in [1.82, 2.24) is 4.90 Å². The van der Waals surface area contributed by atoms with Crippen molar-refractivity contribution >= 4 is 29.6 Å². The van der Waals surface area contributed by atoms with Gasteiger partial charge in [0.2, 0.25) is 6.41 Å².